The molecule has 4 rings (SSSR count). The molecular formula is C18H21N3O. The van der Waals surface area contributed by atoms with E-state index in [9.17, 15) is 4.79 Å². The highest BCUT2D eigenvalue weighted by Gasteiger charge is 2.32. The molecule has 4 heteroatoms. The molecule has 1 saturated carbocycles. The van der Waals surface area contributed by atoms with Gasteiger partial charge in [0.2, 0.25) is 0 Å². The van der Waals surface area contributed by atoms with Crippen LogP contribution in [-0.4, -0.2) is 33.6 Å². The predicted octanol–water partition coefficient (Wildman–Crippen LogP) is 3.13. The van der Waals surface area contributed by atoms with Crippen LogP contribution in [0.4, 0.5) is 0 Å². The molecule has 1 N–H and O–H groups in total. The molecule has 0 spiro atoms. The van der Waals surface area contributed by atoms with Crippen molar-refractivity contribution in [1.29, 1.82) is 0 Å². The zero-order valence-corrected chi connectivity index (χ0v) is 12.7. The number of carbonyl (C=O) groups excluding carboxylic acids is 1. The number of carbonyl (C=O) groups is 1. The van der Waals surface area contributed by atoms with Gasteiger partial charge in [-0.25, -0.2) is 0 Å². The van der Waals surface area contributed by atoms with E-state index < -0.39 is 0 Å². The average Bonchev–Trinajstić information content (AvgIpc) is 3.10. The number of rotatable bonds is 4. The summed E-state index contributed by atoms with van der Waals surface area (Å²) in [4.78, 5) is 14.8. The lowest BCUT2D eigenvalue weighted by atomic mass is 10.0. The van der Waals surface area contributed by atoms with Crippen LogP contribution in [0.3, 0.4) is 0 Å². The van der Waals surface area contributed by atoms with E-state index in [0.717, 1.165) is 31.5 Å². The summed E-state index contributed by atoms with van der Waals surface area (Å²) in [6, 6.07) is 12.7. The van der Waals surface area contributed by atoms with Gasteiger partial charge >= 0.3 is 0 Å². The number of aromatic amines is 1. The monoisotopic (exact) mass is 295 g/mol. The molecule has 2 aromatic rings. The molecule has 1 atom stereocenters. The van der Waals surface area contributed by atoms with Crippen molar-refractivity contribution in [2.24, 2.45) is 0 Å². The highest BCUT2D eigenvalue weighted by molar-refractivity contribution is 5.92. The molecule has 0 radical (unpaired) electrons. The van der Waals surface area contributed by atoms with E-state index in [2.05, 4.69) is 34.5 Å². The Bertz CT molecular complexity index is 660. The van der Waals surface area contributed by atoms with Crippen LogP contribution in [-0.2, 0) is 6.42 Å². The minimum absolute atomic E-state index is 0.0848. The minimum Gasteiger partial charge on any atom is -0.334 e. The molecule has 0 bridgehead atoms. The predicted molar refractivity (Wildman–Crippen MR) is 84.8 cm³/mol. The zero-order valence-electron chi connectivity index (χ0n) is 12.7. The largest absolute Gasteiger partial charge is 0.334 e. The lowest BCUT2D eigenvalue weighted by Gasteiger charge is -2.24. The van der Waals surface area contributed by atoms with Gasteiger partial charge in [-0.3, -0.25) is 9.89 Å². The minimum atomic E-state index is 0.0848. The van der Waals surface area contributed by atoms with Gasteiger partial charge in [-0.2, -0.15) is 5.10 Å². The number of H-pyrrole nitrogens is 1. The zero-order chi connectivity index (χ0) is 14.9. The van der Waals surface area contributed by atoms with Gasteiger partial charge in [0.1, 0.15) is 5.69 Å². The van der Waals surface area contributed by atoms with Gasteiger partial charge in [-0.05, 0) is 43.7 Å². The third kappa shape index (κ3) is 2.65. The van der Waals surface area contributed by atoms with Crippen molar-refractivity contribution in [3.8, 4) is 0 Å². The van der Waals surface area contributed by atoms with Crippen molar-refractivity contribution in [3.63, 3.8) is 0 Å². The summed E-state index contributed by atoms with van der Waals surface area (Å²) in [5, 5.41) is 7.29. The molecule has 1 aromatic heterocycles. The fourth-order valence-electron chi connectivity index (χ4n) is 3.40. The van der Waals surface area contributed by atoms with Crippen LogP contribution in [0.5, 0.6) is 0 Å². The maximum atomic E-state index is 12.7. The number of aromatic nitrogens is 2. The number of likely N-dealkylation sites (tertiary alicyclic amines) is 1. The van der Waals surface area contributed by atoms with E-state index in [0.29, 0.717) is 17.7 Å². The molecule has 1 aliphatic heterocycles. The van der Waals surface area contributed by atoms with Gasteiger partial charge in [0, 0.05) is 24.2 Å². The normalized spacial score (nSPS) is 21.3. The van der Waals surface area contributed by atoms with Crippen molar-refractivity contribution in [3.05, 3.63) is 53.3 Å². The van der Waals surface area contributed by atoms with Crippen LogP contribution in [0.2, 0.25) is 0 Å². The van der Waals surface area contributed by atoms with Crippen molar-refractivity contribution < 1.29 is 4.79 Å². The number of benzene rings is 1. The summed E-state index contributed by atoms with van der Waals surface area (Å²) in [6.07, 6.45) is 5.54. The van der Waals surface area contributed by atoms with Crippen LogP contribution < -0.4 is 0 Å². The quantitative estimate of drug-likeness (QED) is 0.942. The van der Waals surface area contributed by atoms with Crippen molar-refractivity contribution in [1.82, 2.24) is 15.1 Å². The first kappa shape index (κ1) is 13.6. The van der Waals surface area contributed by atoms with Gasteiger partial charge in [0.25, 0.3) is 5.91 Å². The highest BCUT2D eigenvalue weighted by Crippen LogP contribution is 2.39. The van der Waals surface area contributed by atoms with Crippen LogP contribution >= 0.6 is 0 Å². The van der Waals surface area contributed by atoms with Crippen LogP contribution in [0, 0.1) is 0 Å². The molecule has 2 aliphatic rings. The van der Waals surface area contributed by atoms with Crippen molar-refractivity contribution in [2.45, 2.75) is 44.1 Å². The molecule has 1 saturated heterocycles. The summed E-state index contributed by atoms with van der Waals surface area (Å²) in [5.41, 5.74) is 3.01. The highest BCUT2D eigenvalue weighted by atomic mass is 16.2. The Morgan fingerprint density at radius 3 is 2.82 bits per heavy atom. The molecule has 2 heterocycles. The molecule has 1 unspecified atom stereocenters. The van der Waals surface area contributed by atoms with Crippen molar-refractivity contribution >= 4 is 5.91 Å². The molecule has 1 aromatic carbocycles. The number of hydrogen-bond donors (Lipinski definition) is 1. The number of nitrogens with zero attached hydrogens (tertiary/aromatic N) is 2. The van der Waals surface area contributed by atoms with E-state index in [4.69, 9.17) is 0 Å². The van der Waals surface area contributed by atoms with E-state index in [1.54, 1.807) is 0 Å². The molecule has 1 aliphatic carbocycles. The Balaban J connectivity index is 1.48. The lowest BCUT2D eigenvalue weighted by molar-refractivity contribution is 0.0730. The number of amides is 1. The maximum absolute atomic E-state index is 12.7. The average molecular weight is 295 g/mol. The summed E-state index contributed by atoms with van der Waals surface area (Å²) in [7, 11) is 0. The van der Waals surface area contributed by atoms with Crippen LogP contribution in [0.15, 0.2) is 36.4 Å². The van der Waals surface area contributed by atoms with Gasteiger partial charge in [-0.1, -0.05) is 30.3 Å². The Morgan fingerprint density at radius 1 is 1.23 bits per heavy atom. The Morgan fingerprint density at radius 2 is 2.05 bits per heavy atom. The topological polar surface area (TPSA) is 49.0 Å². The third-order valence-corrected chi connectivity index (χ3v) is 4.79. The molecule has 4 nitrogen and oxygen atoms in total. The first-order chi connectivity index (χ1) is 10.8. The third-order valence-electron chi connectivity index (χ3n) is 4.79. The fourth-order valence-corrected chi connectivity index (χ4v) is 3.40. The summed E-state index contributed by atoms with van der Waals surface area (Å²) in [6.45, 7) is 0.849. The van der Waals surface area contributed by atoms with Crippen LogP contribution in [0.25, 0.3) is 0 Å². The summed E-state index contributed by atoms with van der Waals surface area (Å²) < 4.78 is 0. The van der Waals surface area contributed by atoms with Crippen molar-refractivity contribution in [2.75, 3.05) is 6.54 Å². The second-order valence-electron chi connectivity index (χ2n) is 6.47. The molecule has 2 fully saturated rings. The first-order valence-electron chi connectivity index (χ1n) is 8.21. The Kier molecular flexibility index (Phi) is 3.45. The second-order valence-corrected chi connectivity index (χ2v) is 6.47. The van der Waals surface area contributed by atoms with E-state index >= 15 is 0 Å². The van der Waals surface area contributed by atoms with E-state index in [-0.39, 0.29) is 5.91 Å². The van der Waals surface area contributed by atoms with E-state index in [1.165, 1.54) is 18.4 Å². The Labute approximate surface area is 130 Å². The second kappa shape index (κ2) is 5.59. The van der Waals surface area contributed by atoms with Gasteiger partial charge in [0.05, 0.1) is 0 Å². The SMILES string of the molecule is O=C(c1cc(C2CC2)[nH]n1)N1CCCC1Cc1ccccc1. The van der Waals surface area contributed by atoms with Gasteiger partial charge in [0.15, 0.2) is 0 Å². The Hall–Kier alpha value is -2.10. The lowest BCUT2D eigenvalue weighted by Crippen LogP contribution is -2.37. The summed E-state index contributed by atoms with van der Waals surface area (Å²) in [5.74, 6) is 0.689. The smallest absolute Gasteiger partial charge is 0.274 e. The van der Waals surface area contributed by atoms with E-state index in [1.807, 2.05) is 17.0 Å². The fraction of sp³-hybridized carbons (Fsp3) is 0.444. The molecule has 114 valence electrons. The molecular weight excluding hydrogens is 274 g/mol. The number of nitrogens with one attached hydrogen (secondary N) is 1. The first-order valence-corrected chi connectivity index (χ1v) is 8.21. The molecule has 1 amide bonds. The van der Waals surface area contributed by atoms with Crippen LogP contribution in [0.1, 0.15) is 53.3 Å². The maximum Gasteiger partial charge on any atom is 0.274 e. The summed E-state index contributed by atoms with van der Waals surface area (Å²) >= 11 is 0. The standard InChI is InChI=1S/C18H21N3O/c22-18(17-12-16(19-20-17)14-8-9-14)21-10-4-7-15(21)11-13-5-2-1-3-6-13/h1-3,5-6,12,14-15H,4,7-11H2,(H,19,20). The van der Waals surface area contributed by atoms with Gasteiger partial charge in [-0.15, -0.1) is 0 Å². The van der Waals surface area contributed by atoms with Gasteiger partial charge < -0.3 is 4.90 Å². The molecule has 22 heavy (non-hydrogen) atoms. The number of hydrogen-bond acceptors (Lipinski definition) is 2.